The molecule has 0 spiro atoms. The SMILES string of the molecule is COc1cccc(C2(CC(=O)O)CCCN2)c1. The Morgan fingerprint density at radius 1 is 1.59 bits per heavy atom. The lowest BCUT2D eigenvalue weighted by Gasteiger charge is -2.28. The molecule has 2 rings (SSSR count). The summed E-state index contributed by atoms with van der Waals surface area (Å²) < 4.78 is 5.19. The van der Waals surface area contributed by atoms with Crippen molar-refractivity contribution in [2.24, 2.45) is 0 Å². The van der Waals surface area contributed by atoms with Crippen LogP contribution in [0.25, 0.3) is 0 Å². The molecule has 92 valence electrons. The summed E-state index contributed by atoms with van der Waals surface area (Å²) in [4.78, 5) is 11.0. The van der Waals surface area contributed by atoms with Gasteiger partial charge in [-0.25, -0.2) is 0 Å². The van der Waals surface area contributed by atoms with Crippen LogP contribution in [0.1, 0.15) is 24.8 Å². The van der Waals surface area contributed by atoms with Crippen molar-refractivity contribution in [3.8, 4) is 5.75 Å². The molecule has 1 aliphatic rings. The summed E-state index contributed by atoms with van der Waals surface area (Å²) in [6.45, 7) is 0.866. The van der Waals surface area contributed by atoms with E-state index >= 15 is 0 Å². The van der Waals surface area contributed by atoms with Gasteiger partial charge in [0.05, 0.1) is 19.1 Å². The Balaban J connectivity index is 2.34. The Labute approximate surface area is 101 Å². The van der Waals surface area contributed by atoms with E-state index in [9.17, 15) is 4.79 Å². The third kappa shape index (κ3) is 2.42. The van der Waals surface area contributed by atoms with Gasteiger partial charge in [0.25, 0.3) is 0 Å². The van der Waals surface area contributed by atoms with Gasteiger partial charge in [-0.15, -0.1) is 0 Å². The summed E-state index contributed by atoms with van der Waals surface area (Å²) in [5.74, 6) is -0.0109. The van der Waals surface area contributed by atoms with E-state index in [-0.39, 0.29) is 6.42 Å². The minimum atomic E-state index is -0.776. The van der Waals surface area contributed by atoms with E-state index < -0.39 is 11.5 Å². The van der Waals surface area contributed by atoms with Gasteiger partial charge in [-0.2, -0.15) is 0 Å². The molecule has 1 atom stereocenters. The van der Waals surface area contributed by atoms with Gasteiger partial charge in [0, 0.05) is 0 Å². The van der Waals surface area contributed by atoms with Crippen molar-refractivity contribution in [2.75, 3.05) is 13.7 Å². The van der Waals surface area contributed by atoms with Crippen LogP contribution in [0.15, 0.2) is 24.3 Å². The minimum absolute atomic E-state index is 0.111. The van der Waals surface area contributed by atoms with Crippen LogP contribution in [-0.4, -0.2) is 24.7 Å². The van der Waals surface area contributed by atoms with Crippen LogP contribution in [-0.2, 0) is 10.3 Å². The second-order valence-corrected chi connectivity index (χ2v) is 4.41. The predicted octanol–water partition coefficient (Wildman–Crippen LogP) is 1.75. The molecule has 1 saturated heterocycles. The van der Waals surface area contributed by atoms with Crippen molar-refractivity contribution in [2.45, 2.75) is 24.8 Å². The number of carbonyl (C=O) groups is 1. The first-order chi connectivity index (χ1) is 8.16. The molecule has 1 unspecified atom stereocenters. The average molecular weight is 235 g/mol. The monoisotopic (exact) mass is 235 g/mol. The van der Waals surface area contributed by atoms with Gasteiger partial charge in [-0.1, -0.05) is 12.1 Å². The Bertz CT molecular complexity index is 411. The maximum atomic E-state index is 11.0. The number of ether oxygens (including phenoxy) is 1. The topological polar surface area (TPSA) is 58.6 Å². The highest BCUT2D eigenvalue weighted by molar-refractivity contribution is 5.69. The summed E-state index contributed by atoms with van der Waals surface area (Å²) in [6.07, 6.45) is 1.97. The molecule has 0 bridgehead atoms. The average Bonchev–Trinajstić information content (AvgIpc) is 2.78. The summed E-state index contributed by atoms with van der Waals surface area (Å²) in [5, 5.41) is 12.4. The fourth-order valence-electron chi connectivity index (χ4n) is 2.48. The molecule has 1 aliphatic heterocycles. The molecule has 0 aliphatic carbocycles. The molecule has 1 heterocycles. The number of hydrogen-bond donors (Lipinski definition) is 2. The van der Waals surface area contributed by atoms with E-state index in [2.05, 4.69) is 5.32 Å². The standard InChI is InChI=1S/C13H17NO3/c1-17-11-5-2-4-10(8-11)13(9-12(15)16)6-3-7-14-13/h2,4-5,8,14H,3,6-7,9H2,1H3,(H,15,16). The van der Waals surface area contributed by atoms with Crippen LogP contribution >= 0.6 is 0 Å². The smallest absolute Gasteiger partial charge is 0.305 e. The van der Waals surface area contributed by atoms with Gasteiger partial charge in [0.2, 0.25) is 0 Å². The Morgan fingerprint density at radius 2 is 2.41 bits per heavy atom. The highest BCUT2D eigenvalue weighted by Crippen LogP contribution is 2.35. The quantitative estimate of drug-likeness (QED) is 0.834. The van der Waals surface area contributed by atoms with Crippen LogP contribution in [0.4, 0.5) is 0 Å². The second kappa shape index (κ2) is 4.75. The first-order valence-corrected chi connectivity index (χ1v) is 5.78. The van der Waals surface area contributed by atoms with Crippen LogP contribution in [0.5, 0.6) is 5.75 Å². The molecule has 1 fully saturated rings. The van der Waals surface area contributed by atoms with Gasteiger partial charge in [-0.3, -0.25) is 4.79 Å². The zero-order chi connectivity index (χ0) is 12.3. The minimum Gasteiger partial charge on any atom is -0.497 e. The molecule has 1 aromatic rings. The molecule has 17 heavy (non-hydrogen) atoms. The van der Waals surface area contributed by atoms with E-state index in [4.69, 9.17) is 9.84 Å². The number of benzene rings is 1. The zero-order valence-corrected chi connectivity index (χ0v) is 9.90. The van der Waals surface area contributed by atoms with Gasteiger partial charge < -0.3 is 15.2 Å². The first kappa shape index (κ1) is 11.9. The highest BCUT2D eigenvalue weighted by atomic mass is 16.5. The Kier molecular flexibility index (Phi) is 3.33. The third-order valence-corrected chi connectivity index (χ3v) is 3.32. The first-order valence-electron chi connectivity index (χ1n) is 5.78. The summed E-state index contributed by atoms with van der Waals surface area (Å²) >= 11 is 0. The fraction of sp³-hybridized carbons (Fsp3) is 0.462. The molecule has 4 nitrogen and oxygen atoms in total. The number of aliphatic carboxylic acids is 1. The summed E-state index contributed by atoms with van der Waals surface area (Å²) in [5.41, 5.74) is 0.567. The van der Waals surface area contributed by atoms with Crippen molar-refractivity contribution in [3.63, 3.8) is 0 Å². The van der Waals surface area contributed by atoms with Crippen molar-refractivity contribution >= 4 is 5.97 Å². The molecular formula is C13H17NO3. The fourth-order valence-corrected chi connectivity index (χ4v) is 2.48. The van der Waals surface area contributed by atoms with Crippen molar-refractivity contribution in [1.82, 2.24) is 5.32 Å². The normalized spacial score (nSPS) is 23.6. The van der Waals surface area contributed by atoms with Gasteiger partial charge in [0.1, 0.15) is 5.75 Å². The Hall–Kier alpha value is -1.55. The lowest BCUT2D eigenvalue weighted by atomic mass is 9.85. The zero-order valence-electron chi connectivity index (χ0n) is 9.90. The van der Waals surface area contributed by atoms with Gasteiger partial charge in [-0.05, 0) is 37.1 Å². The summed E-state index contributed by atoms with van der Waals surface area (Å²) in [7, 11) is 1.62. The van der Waals surface area contributed by atoms with E-state index in [1.54, 1.807) is 7.11 Å². The number of carboxylic acids is 1. The molecular weight excluding hydrogens is 218 g/mol. The lowest BCUT2D eigenvalue weighted by Crippen LogP contribution is -2.38. The van der Waals surface area contributed by atoms with Crippen LogP contribution < -0.4 is 10.1 Å². The Morgan fingerprint density at radius 3 is 3.00 bits per heavy atom. The maximum Gasteiger partial charge on any atom is 0.305 e. The molecule has 4 heteroatoms. The lowest BCUT2D eigenvalue weighted by molar-refractivity contribution is -0.138. The summed E-state index contributed by atoms with van der Waals surface area (Å²) in [6, 6.07) is 7.65. The van der Waals surface area contributed by atoms with Gasteiger partial charge >= 0.3 is 5.97 Å². The maximum absolute atomic E-state index is 11.0. The molecule has 0 radical (unpaired) electrons. The number of carboxylic acid groups (broad SMARTS) is 1. The largest absolute Gasteiger partial charge is 0.497 e. The van der Waals surface area contributed by atoms with Crippen molar-refractivity contribution in [3.05, 3.63) is 29.8 Å². The van der Waals surface area contributed by atoms with E-state index in [0.29, 0.717) is 0 Å². The number of methoxy groups -OCH3 is 1. The molecule has 0 aromatic heterocycles. The number of hydrogen-bond acceptors (Lipinski definition) is 3. The van der Waals surface area contributed by atoms with E-state index in [1.807, 2.05) is 24.3 Å². The van der Waals surface area contributed by atoms with Crippen LogP contribution in [0, 0.1) is 0 Å². The number of nitrogens with one attached hydrogen (secondary N) is 1. The van der Waals surface area contributed by atoms with Crippen LogP contribution in [0.2, 0.25) is 0 Å². The molecule has 2 N–H and O–H groups in total. The van der Waals surface area contributed by atoms with Gasteiger partial charge in [0.15, 0.2) is 0 Å². The molecule has 1 aromatic carbocycles. The predicted molar refractivity (Wildman–Crippen MR) is 64.2 cm³/mol. The van der Waals surface area contributed by atoms with Crippen molar-refractivity contribution < 1.29 is 14.6 Å². The second-order valence-electron chi connectivity index (χ2n) is 4.41. The van der Waals surface area contributed by atoms with E-state index in [1.165, 1.54) is 0 Å². The van der Waals surface area contributed by atoms with Crippen molar-refractivity contribution in [1.29, 1.82) is 0 Å². The van der Waals surface area contributed by atoms with Crippen LogP contribution in [0.3, 0.4) is 0 Å². The molecule has 0 saturated carbocycles. The van der Waals surface area contributed by atoms with E-state index in [0.717, 1.165) is 30.7 Å². The third-order valence-electron chi connectivity index (χ3n) is 3.32. The number of rotatable bonds is 4. The highest BCUT2D eigenvalue weighted by Gasteiger charge is 2.37. The molecule has 0 amide bonds.